The van der Waals surface area contributed by atoms with Gasteiger partial charge >= 0.3 is 0 Å². The molecule has 0 aliphatic heterocycles. The van der Waals surface area contributed by atoms with E-state index < -0.39 is 0 Å². The lowest BCUT2D eigenvalue weighted by Crippen LogP contribution is -2.23. The number of hydrogen-bond acceptors (Lipinski definition) is 2. The van der Waals surface area contributed by atoms with Gasteiger partial charge in [-0.1, -0.05) is 63.0 Å². The van der Waals surface area contributed by atoms with Crippen LogP contribution in [0.15, 0.2) is 57.5 Å². The van der Waals surface area contributed by atoms with Crippen LogP contribution in [0.3, 0.4) is 0 Å². The van der Waals surface area contributed by atoms with Gasteiger partial charge in [0.05, 0.1) is 12.7 Å². The van der Waals surface area contributed by atoms with E-state index >= 15 is 0 Å². The zero-order valence-electron chi connectivity index (χ0n) is 12.0. The van der Waals surface area contributed by atoms with Crippen LogP contribution < -0.4 is 5.32 Å². The Morgan fingerprint density at radius 3 is 2.43 bits per heavy atom. The van der Waals surface area contributed by atoms with Crippen molar-refractivity contribution in [3.05, 3.63) is 68.6 Å². The molecule has 1 unspecified atom stereocenters. The minimum Gasteiger partial charge on any atom is -0.368 e. The van der Waals surface area contributed by atoms with Crippen LogP contribution in [-0.2, 0) is 11.3 Å². The molecule has 1 N–H and O–H groups in total. The van der Waals surface area contributed by atoms with Crippen molar-refractivity contribution in [2.75, 3.05) is 13.1 Å². The maximum Gasteiger partial charge on any atom is 0.0954 e. The van der Waals surface area contributed by atoms with Crippen molar-refractivity contribution in [2.45, 2.75) is 19.6 Å². The molecule has 0 radical (unpaired) electrons. The summed E-state index contributed by atoms with van der Waals surface area (Å²) in [5.41, 5.74) is 2.35. The van der Waals surface area contributed by atoms with Gasteiger partial charge in [0, 0.05) is 15.5 Å². The molecule has 0 fully saturated rings. The van der Waals surface area contributed by atoms with Crippen LogP contribution in [0.5, 0.6) is 0 Å². The molecule has 2 rings (SSSR count). The summed E-state index contributed by atoms with van der Waals surface area (Å²) in [6.07, 6.45) is 0.0430. The molecule has 2 aromatic rings. The van der Waals surface area contributed by atoms with Gasteiger partial charge in [-0.05, 0) is 41.9 Å². The van der Waals surface area contributed by atoms with Crippen LogP contribution in [0.2, 0.25) is 0 Å². The average molecular weight is 413 g/mol. The fraction of sp³-hybridized carbons (Fsp3) is 0.294. The summed E-state index contributed by atoms with van der Waals surface area (Å²) < 4.78 is 8.28. The Hall–Kier alpha value is -0.680. The highest BCUT2D eigenvalue weighted by Crippen LogP contribution is 2.23. The summed E-state index contributed by atoms with van der Waals surface area (Å²) in [5, 5.41) is 3.36. The van der Waals surface area contributed by atoms with Gasteiger partial charge in [0.15, 0.2) is 0 Å². The Labute approximate surface area is 143 Å². The molecule has 0 saturated carbocycles. The van der Waals surface area contributed by atoms with E-state index in [0.29, 0.717) is 6.61 Å². The molecule has 0 aliphatic carbocycles. The number of hydrogen-bond donors (Lipinski definition) is 1. The van der Waals surface area contributed by atoms with Crippen molar-refractivity contribution in [2.24, 2.45) is 0 Å². The summed E-state index contributed by atoms with van der Waals surface area (Å²) in [7, 11) is 0. The topological polar surface area (TPSA) is 21.3 Å². The highest BCUT2D eigenvalue weighted by Gasteiger charge is 2.12. The van der Waals surface area contributed by atoms with Crippen LogP contribution >= 0.6 is 31.9 Å². The van der Waals surface area contributed by atoms with Crippen molar-refractivity contribution >= 4 is 31.9 Å². The zero-order chi connectivity index (χ0) is 15.1. The molecule has 2 aromatic carbocycles. The summed E-state index contributed by atoms with van der Waals surface area (Å²) >= 11 is 7.01. The number of likely N-dealkylation sites (N-methyl/N-ethyl adjacent to an activating group) is 1. The molecule has 0 aliphatic rings. The second kappa shape index (κ2) is 8.69. The highest BCUT2D eigenvalue weighted by molar-refractivity contribution is 9.10. The Bertz CT molecular complexity index is 574. The quantitative estimate of drug-likeness (QED) is 0.684. The molecule has 2 nitrogen and oxygen atoms in total. The average Bonchev–Trinajstić information content (AvgIpc) is 2.47. The zero-order valence-corrected chi connectivity index (χ0v) is 15.2. The molecule has 0 spiro atoms. The van der Waals surface area contributed by atoms with Crippen LogP contribution in [0.1, 0.15) is 24.2 Å². The SMILES string of the molecule is CCNCC(OCc1cccc(Br)c1)c1cccc(Br)c1. The third-order valence-corrected chi connectivity index (χ3v) is 4.13. The Morgan fingerprint density at radius 2 is 1.76 bits per heavy atom. The van der Waals surface area contributed by atoms with Gasteiger partial charge in [0.2, 0.25) is 0 Å². The standard InChI is InChI=1S/C17H19Br2NO/c1-2-20-11-17(14-6-4-8-16(19)10-14)21-12-13-5-3-7-15(18)9-13/h3-10,17,20H,2,11-12H2,1H3. The molecular formula is C17H19Br2NO. The highest BCUT2D eigenvalue weighted by atomic mass is 79.9. The molecule has 0 saturated heterocycles. The molecule has 0 bridgehead atoms. The summed E-state index contributed by atoms with van der Waals surface area (Å²) in [6.45, 7) is 4.44. The maximum absolute atomic E-state index is 6.12. The maximum atomic E-state index is 6.12. The van der Waals surface area contributed by atoms with E-state index in [1.807, 2.05) is 24.3 Å². The predicted molar refractivity (Wildman–Crippen MR) is 94.4 cm³/mol. The summed E-state index contributed by atoms with van der Waals surface area (Å²) in [4.78, 5) is 0. The second-order valence-corrected chi connectivity index (χ2v) is 6.62. The van der Waals surface area contributed by atoms with E-state index in [0.717, 1.165) is 22.0 Å². The third-order valence-electron chi connectivity index (χ3n) is 3.14. The van der Waals surface area contributed by atoms with Gasteiger partial charge in [0.25, 0.3) is 0 Å². The van der Waals surface area contributed by atoms with E-state index in [1.54, 1.807) is 0 Å². The van der Waals surface area contributed by atoms with Gasteiger partial charge in [-0.25, -0.2) is 0 Å². The predicted octanol–water partition coefficient (Wildman–Crippen LogP) is 5.08. The van der Waals surface area contributed by atoms with Gasteiger partial charge in [-0.15, -0.1) is 0 Å². The molecule has 0 amide bonds. The Morgan fingerprint density at radius 1 is 1.05 bits per heavy atom. The van der Waals surface area contributed by atoms with Crippen LogP contribution in [0.4, 0.5) is 0 Å². The third kappa shape index (κ3) is 5.55. The van der Waals surface area contributed by atoms with E-state index in [1.165, 1.54) is 11.1 Å². The molecule has 112 valence electrons. The Kier molecular flexibility index (Phi) is 6.90. The molecule has 4 heteroatoms. The lowest BCUT2D eigenvalue weighted by molar-refractivity contribution is 0.0401. The first kappa shape index (κ1) is 16.7. The molecular weight excluding hydrogens is 394 g/mol. The fourth-order valence-corrected chi connectivity index (χ4v) is 2.94. The van der Waals surface area contributed by atoms with Crippen LogP contribution in [0, 0.1) is 0 Å². The molecule has 1 atom stereocenters. The van der Waals surface area contributed by atoms with Gasteiger partial charge < -0.3 is 10.1 Å². The van der Waals surface area contributed by atoms with Crippen molar-refractivity contribution in [3.63, 3.8) is 0 Å². The summed E-state index contributed by atoms with van der Waals surface area (Å²) in [5.74, 6) is 0. The van der Waals surface area contributed by atoms with Gasteiger partial charge in [0.1, 0.15) is 0 Å². The number of halogens is 2. The van der Waals surface area contributed by atoms with Crippen molar-refractivity contribution < 1.29 is 4.74 Å². The second-order valence-electron chi connectivity index (χ2n) is 4.79. The first-order valence-corrected chi connectivity index (χ1v) is 8.60. The van der Waals surface area contributed by atoms with E-state index in [4.69, 9.17) is 4.74 Å². The summed E-state index contributed by atoms with van der Waals surface area (Å²) in [6, 6.07) is 16.5. The fourth-order valence-electron chi connectivity index (χ4n) is 2.08. The normalized spacial score (nSPS) is 12.3. The van der Waals surface area contributed by atoms with Gasteiger partial charge in [-0.3, -0.25) is 0 Å². The van der Waals surface area contributed by atoms with E-state index in [2.05, 4.69) is 68.4 Å². The number of benzene rings is 2. The Balaban J connectivity index is 2.06. The van der Waals surface area contributed by atoms with Crippen molar-refractivity contribution in [1.82, 2.24) is 5.32 Å². The van der Waals surface area contributed by atoms with Crippen molar-refractivity contribution in [1.29, 1.82) is 0 Å². The van der Waals surface area contributed by atoms with Crippen LogP contribution in [0.25, 0.3) is 0 Å². The van der Waals surface area contributed by atoms with Gasteiger partial charge in [-0.2, -0.15) is 0 Å². The monoisotopic (exact) mass is 411 g/mol. The number of nitrogens with one attached hydrogen (secondary N) is 1. The van der Waals surface area contributed by atoms with Crippen molar-refractivity contribution in [3.8, 4) is 0 Å². The molecule has 21 heavy (non-hydrogen) atoms. The lowest BCUT2D eigenvalue weighted by atomic mass is 10.1. The number of rotatable bonds is 7. The largest absolute Gasteiger partial charge is 0.368 e. The first-order valence-electron chi connectivity index (χ1n) is 7.01. The smallest absolute Gasteiger partial charge is 0.0954 e. The molecule has 0 aromatic heterocycles. The lowest BCUT2D eigenvalue weighted by Gasteiger charge is -2.19. The minimum absolute atomic E-state index is 0.0430. The minimum atomic E-state index is 0.0430. The molecule has 0 heterocycles. The van der Waals surface area contributed by atoms with E-state index in [9.17, 15) is 0 Å². The van der Waals surface area contributed by atoms with E-state index in [-0.39, 0.29) is 6.10 Å². The first-order chi connectivity index (χ1) is 10.2. The van der Waals surface area contributed by atoms with Crippen LogP contribution in [-0.4, -0.2) is 13.1 Å². The number of ether oxygens (including phenoxy) is 1.